The van der Waals surface area contributed by atoms with Crippen LogP contribution in [0.5, 0.6) is 17.2 Å². The number of ether oxygens (including phenoxy) is 5. The summed E-state index contributed by atoms with van der Waals surface area (Å²) in [5, 5.41) is 3.52. The predicted molar refractivity (Wildman–Crippen MR) is 163 cm³/mol. The first-order valence-electron chi connectivity index (χ1n) is 14.9. The Morgan fingerprint density at radius 1 is 0.951 bits per heavy atom. The summed E-state index contributed by atoms with van der Waals surface area (Å²) < 4.78 is 29.6. The molecular weight excluding hydrogens is 516 g/mol. The number of hydrogen-bond acceptors (Lipinski definition) is 7. The maximum Gasteiger partial charge on any atom is 0.142 e. The molecule has 7 nitrogen and oxygen atoms in total. The van der Waals surface area contributed by atoms with E-state index in [1.807, 2.05) is 18.2 Å². The third kappa shape index (κ3) is 8.15. The minimum atomic E-state index is 0.110. The first kappa shape index (κ1) is 29.2. The van der Waals surface area contributed by atoms with Crippen LogP contribution in [0.25, 0.3) is 0 Å². The summed E-state index contributed by atoms with van der Waals surface area (Å²) in [7, 11) is 1.75. The summed E-state index contributed by atoms with van der Waals surface area (Å²) in [6, 6.07) is 23.1. The topological polar surface area (TPSA) is 61.4 Å². The van der Waals surface area contributed by atoms with Crippen molar-refractivity contribution in [3.05, 3.63) is 83.4 Å². The molecule has 7 heteroatoms. The number of nitrogens with zero attached hydrogens (tertiary/aromatic N) is 1. The van der Waals surface area contributed by atoms with Crippen LogP contribution in [-0.2, 0) is 16.1 Å². The highest BCUT2D eigenvalue weighted by molar-refractivity contribution is 5.61. The SMILES string of the molecule is COCCCN1CCOc2ccc(CO[C@H]3CNCC[C@@H]3c3ccc(OCCCOc4ccccc4C)cc3)cc21. The largest absolute Gasteiger partial charge is 0.493 e. The number of para-hydroxylation sites is 1. The zero-order valence-electron chi connectivity index (χ0n) is 24.5. The molecule has 0 aliphatic carbocycles. The fourth-order valence-corrected chi connectivity index (χ4v) is 5.59. The van der Waals surface area contributed by atoms with Gasteiger partial charge in [0.15, 0.2) is 0 Å². The van der Waals surface area contributed by atoms with Crippen molar-refractivity contribution in [1.82, 2.24) is 5.32 Å². The van der Waals surface area contributed by atoms with E-state index in [0.717, 1.165) is 87.2 Å². The monoisotopic (exact) mass is 560 g/mol. The molecule has 0 spiro atoms. The van der Waals surface area contributed by atoms with Crippen LogP contribution in [0.1, 0.15) is 41.9 Å². The van der Waals surface area contributed by atoms with E-state index in [0.29, 0.717) is 25.7 Å². The van der Waals surface area contributed by atoms with Gasteiger partial charge in [-0.2, -0.15) is 0 Å². The Morgan fingerprint density at radius 2 is 1.80 bits per heavy atom. The van der Waals surface area contributed by atoms with Gasteiger partial charge in [0.05, 0.1) is 38.2 Å². The molecule has 3 aromatic rings. The molecule has 0 unspecified atom stereocenters. The Hall–Kier alpha value is -3.26. The molecule has 5 rings (SSSR count). The number of rotatable bonds is 14. The zero-order valence-corrected chi connectivity index (χ0v) is 24.5. The van der Waals surface area contributed by atoms with Crippen LogP contribution in [-0.4, -0.2) is 65.8 Å². The highest BCUT2D eigenvalue weighted by Crippen LogP contribution is 2.34. The van der Waals surface area contributed by atoms with E-state index in [-0.39, 0.29) is 6.10 Å². The Morgan fingerprint density at radius 3 is 2.66 bits per heavy atom. The molecule has 0 amide bonds. The zero-order chi connectivity index (χ0) is 28.3. The van der Waals surface area contributed by atoms with Gasteiger partial charge in [-0.3, -0.25) is 0 Å². The van der Waals surface area contributed by atoms with Gasteiger partial charge in [-0.15, -0.1) is 0 Å². The summed E-state index contributed by atoms with van der Waals surface area (Å²) in [5.41, 5.74) is 4.78. The Bertz CT molecular complexity index is 1220. The number of nitrogens with one attached hydrogen (secondary N) is 1. The van der Waals surface area contributed by atoms with Crippen molar-refractivity contribution in [3.8, 4) is 17.2 Å². The van der Waals surface area contributed by atoms with Gasteiger partial charge in [0.1, 0.15) is 23.9 Å². The second kappa shape index (κ2) is 15.1. The second-order valence-electron chi connectivity index (χ2n) is 10.8. The van der Waals surface area contributed by atoms with Crippen molar-refractivity contribution in [1.29, 1.82) is 0 Å². The van der Waals surface area contributed by atoms with Crippen molar-refractivity contribution in [2.75, 3.05) is 64.6 Å². The molecule has 1 N–H and O–H groups in total. The van der Waals surface area contributed by atoms with Crippen LogP contribution < -0.4 is 24.4 Å². The van der Waals surface area contributed by atoms with Crippen LogP contribution >= 0.6 is 0 Å². The summed E-state index contributed by atoms with van der Waals surface area (Å²) in [6.45, 7) is 9.10. The summed E-state index contributed by atoms with van der Waals surface area (Å²) >= 11 is 0. The first-order valence-corrected chi connectivity index (χ1v) is 14.9. The van der Waals surface area contributed by atoms with Crippen molar-refractivity contribution in [3.63, 3.8) is 0 Å². The van der Waals surface area contributed by atoms with Crippen LogP contribution in [0.3, 0.4) is 0 Å². The first-order chi connectivity index (χ1) is 20.2. The molecule has 0 bridgehead atoms. The molecule has 1 fully saturated rings. The number of aryl methyl sites for hydroxylation is 1. The molecule has 0 saturated carbocycles. The normalized spacial score (nSPS) is 18.4. The minimum Gasteiger partial charge on any atom is -0.493 e. The molecule has 2 heterocycles. The molecule has 3 aromatic carbocycles. The minimum absolute atomic E-state index is 0.110. The average molecular weight is 561 g/mol. The van der Waals surface area contributed by atoms with E-state index < -0.39 is 0 Å². The van der Waals surface area contributed by atoms with E-state index in [9.17, 15) is 0 Å². The number of anilines is 1. The maximum atomic E-state index is 6.54. The van der Waals surface area contributed by atoms with E-state index in [1.54, 1.807) is 7.11 Å². The standard InChI is InChI=1S/C34H44N2O5/c1-26-7-3-4-8-32(26)39-21-6-20-38-29-12-10-28(11-13-29)30-15-16-35-24-34(30)41-25-27-9-14-33-31(23-27)36(18-22-40-33)17-5-19-37-2/h3-4,7-14,23,30,34-35H,5-6,15-22,24-25H2,1-2H3/t30-,34+/m1/s1. The maximum absolute atomic E-state index is 6.54. The lowest BCUT2D eigenvalue weighted by atomic mass is 9.87. The van der Waals surface area contributed by atoms with Crippen molar-refractivity contribution in [2.45, 2.75) is 44.8 Å². The van der Waals surface area contributed by atoms with Crippen molar-refractivity contribution in [2.24, 2.45) is 0 Å². The number of fused-ring (bicyclic) bond motifs is 1. The molecule has 2 aliphatic rings. The number of benzene rings is 3. The predicted octanol–water partition coefficient (Wildman–Crippen LogP) is 5.74. The second-order valence-corrected chi connectivity index (χ2v) is 10.8. The lowest BCUT2D eigenvalue weighted by Crippen LogP contribution is -2.41. The Labute approximate surface area is 244 Å². The number of methoxy groups -OCH3 is 1. The lowest BCUT2D eigenvalue weighted by molar-refractivity contribution is 0.0106. The van der Waals surface area contributed by atoms with E-state index in [2.05, 4.69) is 65.7 Å². The highest BCUT2D eigenvalue weighted by Gasteiger charge is 2.27. The molecule has 41 heavy (non-hydrogen) atoms. The van der Waals surface area contributed by atoms with Crippen molar-refractivity contribution < 1.29 is 23.7 Å². The smallest absolute Gasteiger partial charge is 0.142 e. The van der Waals surface area contributed by atoms with Gasteiger partial charge in [0.2, 0.25) is 0 Å². The van der Waals surface area contributed by atoms with Crippen LogP contribution in [0.15, 0.2) is 66.7 Å². The Kier molecular flexibility index (Phi) is 10.8. The third-order valence-electron chi connectivity index (χ3n) is 7.87. The van der Waals surface area contributed by atoms with E-state index in [4.69, 9.17) is 23.7 Å². The van der Waals surface area contributed by atoms with Crippen LogP contribution in [0.2, 0.25) is 0 Å². The Balaban J connectivity index is 1.11. The van der Waals surface area contributed by atoms with Crippen LogP contribution in [0.4, 0.5) is 5.69 Å². The molecule has 2 atom stereocenters. The summed E-state index contributed by atoms with van der Waals surface area (Å²) in [4.78, 5) is 2.40. The van der Waals surface area contributed by atoms with Gasteiger partial charge >= 0.3 is 0 Å². The lowest BCUT2D eigenvalue weighted by Gasteiger charge is -2.33. The van der Waals surface area contributed by atoms with Gasteiger partial charge in [0.25, 0.3) is 0 Å². The van der Waals surface area contributed by atoms with Crippen molar-refractivity contribution >= 4 is 5.69 Å². The summed E-state index contributed by atoms with van der Waals surface area (Å²) in [5.74, 6) is 3.13. The number of hydrogen-bond donors (Lipinski definition) is 1. The molecular formula is C34H44N2O5. The van der Waals surface area contributed by atoms with Gasteiger partial charge in [-0.25, -0.2) is 0 Å². The highest BCUT2D eigenvalue weighted by atomic mass is 16.5. The molecule has 0 radical (unpaired) electrons. The number of piperidine rings is 1. The molecule has 1 saturated heterocycles. The fraction of sp³-hybridized carbons (Fsp3) is 0.471. The molecule has 0 aromatic heterocycles. The summed E-state index contributed by atoms with van der Waals surface area (Å²) in [6.07, 6.45) is 2.99. The van der Waals surface area contributed by atoms with Gasteiger partial charge in [-0.05, 0) is 73.3 Å². The average Bonchev–Trinajstić information content (AvgIpc) is 3.01. The third-order valence-corrected chi connectivity index (χ3v) is 7.87. The van der Waals surface area contributed by atoms with Crippen LogP contribution in [0, 0.1) is 6.92 Å². The van der Waals surface area contributed by atoms with Gasteiger partial charge in [0, 0.05) is 39.1 Å². The van der Waals surface area contributed by atoms with E-state index >= 15 is 0 Å². The van der Waals surface area contributed by atoms with E-state index in [1.165, 1.54) is 11.1 Å². The molecule has 220 valence electrons. The van der Waals surface area contributed by atoms with Gasteiger partial charge in [-0.1, -0.05) is 36.4 Å². The quantitative estimate of drug-likeness (QED) is 0.252. The van der Waals surface area contributed by atoms with Gasteiger partial charge < -0.3 is 33.9 Å². The fourth-order valence-electron chi connectivity index (χ4n) is 5.59. The molecule has 2 aliphatic heterocycles.